The van der Waals surface area contributed by atoms with E-state index in [0.717, 1.165) is 37.1 Å². The van der Waals surface area contributed by atoms with Gasteiger partial charge < -0.3 is 19.5 Å². The number of imidazole rings is 1. The molecule has 0 radical (unpaired) electrons. The summed E-state index contributed by atoms with van der Waals surface area (Å²) in [6.45, 7) is 1.72. The number of hydrogen-bond donors (Lipinski definition) is 1. The Balaban J connectivity index is 1.09. The van der Waals surface area contributed by atoms with E-state index in [0.29, 0.717) is 5.56 Å². The van der Waals surface area contributed by atoms with Gasteiger partial charge in [0.15, 0.2) is 0 Å². The van der Waals surface area contributed by atoms with Crippen LogP contribution in [0.3, 0.4) is 0 Å². The second-order valence-electron chi connectivity index (χ2n) is 8.21. The van der Waals surface area contributed by atoms with E-state index in [1.165, 1.54) is 0 Å². The number of nitrogens with one attached hydrogen (secondary N) is 1. The Bertz CT molecular complexity index is 1060. The van der Waals surface area contributed by atoms with E-state index in [-0.39, 0.29) is 30.1 Å². The van der Waals surface area contributed by atoms with Crippen LogP contribution in [0.25, 0.3) is 5.65 Å². The number of hydrogen-bond acceptors (Lipinski definition) is 4. The molecule has 3 aromatic rings. The minimum atomic E-state index is -0.382. The van der Waals surface area contributed by atoms with Crippen molar-refractivity contribution in [1.29, 1.82) is 0 Å². The zero-order valence-electron chi connectivity index (χ0n) is 16.2. The molecule has 0 atom stereocenters. The molecule has 8 nitrogen and oxygen atoms in total. The molecule has 3 heterocycles. The van der Waals surface area contributed by atoms with Crippen molar-refractivity contribution in [3.63, 3.8) is 0 Å². The Hall–Kier alpha value is -3.29. The Morgan fingerprint density at radius 2 is 1.97 bits per heavy atom. The number of carbonyl (C=O) groups excluding carboxylic acids is 2. The van der Waals surface area contributed by atoms with Gasteiger partial charge in [-0.15, -0.1) is 0 Å². The van der Waals surface area contributed by atoms with Crippen LogP contribution in [0.15, 0.2) is 48.9 Å². The summed E-state index contributed by atoms with van der Waals surface area (Å²) in [6.07, 6.45) is 6.73. The van der Waals surface area contributed by atoms with Gasteiger partial charge in [0.1, 0.15) is 17.8 Å². The van der Waals surface area contributed by atoms with Crippen molar-refractivity contribution in [1.82, 2.24) is 24.4 Å². The van der Waals surface area contributed by atoms with Gasteiger partial charge in [-0.3, -0.25) is 4.79 Å². The van der Waals surface area contributed by atoms with Gasteiger partial charge in [0.05, 0.1) is 6.20 Å². The zero-order chi connectivity index (χ0) is 20.0. The van der Waals surface area contributed by atoms with E-state index in [2.05, 4.69) is 10.4 Å². The van der Waals surface area contributed by atoms with Crippen molar-refractivity contribution in [2.24, 2.45) is 12.5 Å². The number of aromatic nitrogens is 3. The van der Waals surface area contributed by atoms with Crippen molar-refractivity contribution in [3.05, 3.63) is 60.0 Å². The smallest absolute Gasteiger partial charge is 0.407 e. The van der Waals surface area contributed by atoms with E-state index < -0.39 is 0 Å². The van der Waals surface area contributed by atoms with E-state index in [1.54, 1.807) is 10.7 Å². The number of alkyl carbamates (subject to hydrolysis) is 1. The molecule has 0 bridgehead atoms. The lowest BCUT2D eigenvalue weighted by Crippen LogP contribution is -2.67. The third-order valence-corrected chi connectivity index (χ3v) is 6.00. The Morgan fingerprint density at radius 1 is 1.21 bits per heavy atom. The van der Waals surface area contributed by atoms with Gasteiger partial charge in [-0.2, -0.15) is 5.10 Å². The lowest BCUT2D eigenvalue weighted by molar-refractivity contribution is -0.0603. The number of fused-ring (bicyclic) bond motifs is 1. The number of ether oxygens (including phenoxy) is 1. The second-order valence-corrected chi connectivity index (χ2v) is 8.21. The Morgan fingerprint density at radius 3 is 2.72 bits per heavy atom. The van der Waals surface area contributed by atoms with Crippen molar-refractivity contribution in [3.8, 4) is 0 Å². The fourth-order valence-electron chi connectivity index (χ4n) is 4.56. The average molecular weight is 393 g/mol. The summed E-state index contributed by atoms with van der Waals surface area (Å²) in [7, 11) is 1.91. The number of likely N-dealkylation sites (tertiary alicyclic amines) is 1. The van der Waals surface area contributed by atoms with E-state index in [1.807, 2.05) is 59.2 Å². The summed E-state index contributed by atoms with van der Waals surface area (Å²) in [5.41, 5.74) is 2.54. The van der Waals surface area contributed by atoms with Crippen molar-refractivity contribution < 1.29 is 14.3 Å². The summed E-state index contributed by atoms with van der Waals surface area (Å²) < 4.78 is 8.90. The lowest BCUT2D eigenvalue weighted by atomic mass is 9.60. The molecule has 2 aromatic heterocycles. The molecule has 1 spiro atoms. The largest absolute Gasteiger partial charge is 0.445 e. The zero-order valence-corrected chi connectivity index (χ0v) is 16.2. The predicted octanol–water partition coefficient (Wildman–Crippen LogP) is 2.20. The maximum absolute atomic E-state index is 12.8. The van der Waals surface area contributed by atoms with E-state index in [9.17, 15) is 9.59 Å². The van der Waals surface area contributed by atoms with Crippen LogP contribution in [0.1, 0.15) is 28.8 Å². The van der Waals surface area contributed by atoms with Crippen LogP contribution in [0.4, 0.5) is 4.79 Å². The number of rotatable bonds is 4. The van der Waals surface area contributed by atoms with Gasteiger partial charge >= 0.3 is 6.09 Å². The quantitative estimate of drug-likeness (QED) is 0.737. The average Bonchev–Trinajstić information content (AvgIpc) is 3.24. The molecular formula is C21H23N5O3. The molecule has 5 rings (SSSR count). The highest BCUT2D eigenvalue weighted by atomic mass is 16.5. The number of amides is 2. The van der Waals surface area contributed by atoms with Gasteiger partial charge in [-0.25, -0.2) is 9.31 Å². The first-order valence-electron chi connectivity index (χ1n) is 9.78. The Labute approximate surface area is 168 Å². The highest BCUT2D eigenvalue weighted by Gasteiger charge is 2.54. The Kier molecular flexibility index (Phi) is 4.08. The first-order valence-corrected chi connectivity index (χ1v) is 9.78. The molecular weight excluding hydrogens is 370 g/mol. The minimum absolute atomic E-state index is 0.0195. The molecule has 1 N–H and O–H groups in total. The molecule has 1 aromatic carbocycles. The first-order chi connectivity index (χ1) is 14.0. The van der Waals surface area contributed by atoms with Crippen LogP contribution in [-0.2, 0) is 18.4 Å². The summed E-state index contributed by atoms with van der Waals surface area (Å²) in [5, 5.41) is 7.17. The normalized spacial score (nSPS) is 17.8. The fourth-order valence-corrected chi connectivity index (χ4v) is 4.56. The van der Waals surface area contributed by atoms with Crippen LogP contribution < -0.4 is 5.32 Å². The van der Waals surface area contributed by atoms with Crippen LogP contribution in [-0.4, -0.2) is 50.2 Å². The molecule has 1 saturated carbocycles. The molecule has 2 fully saturated rings. The van der Waals surface area contributed by atoms with Crippen molar-refractivity contribution in [2.75, 3.05) is 13.1 Å². The minimum Gasteiger partial charge on any atom is -0.445 e. The van der Waals surface area contributed by atoms with Gasteiger partial charge in [-0.1, -0.05) is 30.3 Å². The van der Waals surface area contributed by atoms with Gasteiger partial charge in [-0.05, 0) is 18.4 Å². The van der Waals surface area contributed by atoms with E-state index >= 15 is 0 Å². The fraction of sp³-hybridized carbons (Fsp3) is 0.381. The number of carbonyl (C=O) groups is 2. The van der Waals surface area contributed by atoms with Crippen molar-refractivity contribution in [2.45, 2.75) is 25.5 Å². The molecule has 1 aliphatic heterocycles. The van der Waals surface area contributed by atoms with Crippen molar-refractivity contribution >= 4 is 17.6 Å². The standard InChI is InChI=1S/C21H23N5O3/c1-24-7-8-26-18(24)17(11-22-26)19(27)25-13-21(14-25)9-16(10-21)23-20(28)29-12-15-5-3-2-4-6-15/h2-8,11,16H,9-10,12-14H2,1H3,(H,23,28). The monoisotopic (exact) mass is 393 g/mol. The number of benzene rings is 1. The van der Waals surface area contributed by atoms with Crippen LogP contribution in [0, 0.1) is 5.41 Å². The van der Waals surface area contributed by atoms with Gasteiger partial charge in [0.25, 0.3) is 5.91 Å². The number of aryl methyl sites for hydroxylation is 1. The highest BCUT2D eigenvalue weighted by Crippen LogP contribution is 2.48. The van der Waals surface area contributed by atoms with Crippen LogP contribution in [0.2, 0.25) is 0 Å². The maximum atomic E-state index is 12.8. The summed E-state index contributed by atoms with van der Waals surface area (Å²) >= 11 is 0. The molecule has 1 aliphatic carbocycles. The summed E-state index contributed by atoms with van der Waals surface area (Å²) in [4.78, 5) is 26.7. The molecule has 29 heavy (non-hydrogen) atoms. The third-order valence-electron chi connectivity index (χ3n) is 6.00. The second kappa shape index (κ2) is 6.65. The first kappa shape index (κ1) is 17.8. The van der Waals surface area contributed by atoms with Crippen LogP contribution in [0.5, 0.6) is 0 Å². The molecule has 2 aliphatic rings. The maximum Gasteiger partial charge on any atom is 0.407 e. The molecule has 1 saturated heterocycles. The van der Waals surface area contributed by atoms with Crippen LogP contribution >= 0.6 is 0 Å². The van der Waals surface area contributed by atoms with Gasteiger partial charge in [0, 0.05) is 44.0 Å². The lowest BCUT2D eigenvalue weighted by Gasteiger charge is -2.58. The predicted molar refractivity (Wildman–Crippen MR) is 105 cm³/mol. The summed E-state index contributed by atoms with van der Waals surface area (Å²) in [6, 6.07) is 9.74. The SMILES string of the molecule is Cn1ccn2ncc(C(=O)N3CC4(CC(NC(=O)OCc5ccccc5)C4)C3)c12. The van der Waals surface area contributed by atoms with E-state index in [4.69, 9.17) is 4.74 Å². The molecule has 8 heteroatoms. The molecule has 2 amide bonds. The highest BCUT2D eigenvalue weighted by molar-refractivity contribution is 6.00. The van der Waals surface area contributed by atoms with Gasteiger partial charge in [0.2, 0.25) is 0 Å². The topological polar surface area (TPSA) is 80.9 Å². The number of nitrogens with zero attached hydrogens (tertiary/aromatic N) is 4. The molecule has 0 unspecified atom stereocenters. The molecule has 150 valence electrons. The summed E-state index contributed by atoms with van der Waals surface area (Å²) in [5.74, 6) is 0.0195. The third kappa shape index (κ3) is 3.14.